The lowest BCUT2D eigenvalue weighted by atomic mass is 10.1. The molecule has 2 atom stereocenters. The van der Waals surface area contributed by atoms with Crippen molar-refractivity contribution in [2.45, 2.75) is 29.6 Å². The molecule has 0 aliphatic carbocycles. The largest absolute Gasteiger partial charge is 0.452 e. The van der Waals surface area contributed by atoms with Gasteiger partial charge in [-0.05, 0) is 31.0 Å². The summed E-state index contributed by atoms with van der Waals surface area (Å²) in [7, 11) is 0. The summed E-state index contributed by atoms with van der Waals surface area (Å²) < 4.78 is 5.27. The smallest absolute Gasteiger partial charge is 0.320 e. The van der Waals surface area contributed by atoms with Gasteiger partial charge in [0.15, 0.2) is 6.10 Å². The van der Waals surface area contributed by atoms with Crippen LogP contribution in [-0.4, -0.2) is 28.2 Å². The van der Waals surface area contributed by atoms with Crippen LogP contribution in [0.4, 0.5) is 11.4 Å². The second kappa shape index (κ2) is 7.57. The molecule has 0 saturated heterocycles. The summed E-state index contributed by atoms with van der Waals surface area (Å²) in [6.45, 7) is 1.47. The van der Waals surface area contributed by atoms with Crippen LogP contribution >= 0.6 is 11.8 Å². The van der Waals surface area contributed by atoms with E-state index >= 15 is 0 Å². The summed E-state index contributed by atoms with van der Waals surface area (Å²) in [5, 5.41) is 12.9. The van der Waals surface area contributed by atoms with E-state index in [0.29, 0.717) is 6.42 Å². The van der Waals surface area contributed by atoms with Gasteiger partial charge in [0, 0.05) is 22.7 Å². The van der Waals surface area contributed by atoms with Crippen LogP contribution in [0.5, 0.6) is 0 Å². The fourth-order valence-corrected chi connectivity index (χ4v) is 3.74. The van der Waals surface area contributed by atoms with Gasteiger partial charge in [-0.15, -0.1) is 11.8 Å². The highest BCUT2D eigenvalue weighted by atomic mass is 32.2. The third-order valence-electron chi connectivity index (χ3n) is 3.90. The number of hydrogen-bond donors (Lipinski definition) is 1. The quantitative estimate of drug-likeness (QED) is 0.492. The minimum Gasteiger partial charge on any atom is -0.452 e. The summed E-state index contributed by atoms with van der Waals surface area (Å²) in [4.78, 5) is 35.8. The average Bonchev–Trinajstić information content (AvgIpc) is 3.06. The lowest BCUT2D eigenvalue weighted by molar-refractivity contribution is -0.384. The second-order valence-electron chi connectivity index (χ2n) is 5.79. The topological polar surface area (TPSA) is 98.5 Å². The summed E-state index contributed by atoms with van der Waals surface area (Å²) in [6.07, 6.45) is -0.440. The highest BCUT2D eigenvalue weighted by Crippen LogP contribution is 2.37. The van der Waals surface area contributed by atoms with E-state index in [1.54, 1.807) is 0 Å². The Morgan fingerprint density at radius 1 is 1.27 bits per heavy atom. The van der Waals surface area contributed by atoms with Crippen molar-refractivity contribution >= 4 is 35.0 Å². The van der Waals surface area contributed by atoms with Crippen molar-refractivity contribution in [3.8, 4) is 0 Å². The molecule has 1 amide bonds. The van der Waals surface area contributed by atoms with E-state index in [2.05, 4.69) is 5.32 Å². The number of non-ortho nitro benzene ring substituents is 1. The van der Waals surface area contributed by atoms with Crippen LogP contribution in [0.15, 0.2) is 53.4 Å². The predicted octanol–water partition coefficient (Wildman–Crippen LogP) is 3.18. The van der Waals surface area contributed by atoms with Crippen LogP contribution in [0, 0.1) is 10.1 Å². The molecule has 26 heavy (non-hydrogen) atoms. The third-order valence-corrected chi connectivity index (χ3v) is 5.19. The number of hydrogen-bond acceptors (Lipinski definition) is 6. The van der Waals surface area contributed by atoms with Gasteiger partial charge in [-0.3, -0.25) is 19.7 Å². The highest BCUT2D eigenvalue weighted by molar-refractivity contribution is 8.01. The Morgan fingerprint density at radius 2 is 2.04 bits per heavy atom. The SMILES string of the molecule is C[C@H](OC(=O)[C@@H]1Cc2ccccc2S1)C(=O)Nc1cccc([N+](=O)[O-])c1. The number of nitrogens with one attached hydrogen (secondary N) is 1. The van der Waals surface area contributed by atoms with Crippen LogP contribution in [0.1, 0.15) is 12.5 Å². The molecule has 1 heterocycles. The monoisotopic (exact) mass is 372 g/mol. The van der Waals surface area contributed by atoms with E-state index in [1.165, 1.54) is 43.0 Å². The number of nitrogens with zero attached hydrogens (tertiary/aromatic N) is 1. The number of thioether (sulfide) groups is 1. The first kappa shape index (κ1) is 17.9. The first-order valence-corrected chi connectivity index (χ1v) is 8.82. The molecule has 8 heteroatoms. The Morgan fingerprint density at radius 3 is 2.77 bits per heavy atom. The first-order valence-electron chi connectivity index (χ1n) is 7.94. The zero-order valence-electron chi connectivity index (χ0n) is 13.9. The molecule has 134 valence electrons. The van der Waals surface area contributed by atoms with E-state index in [-0.39, 0.29) is 16.6 Å². The number of nitro benzene ring substituents is 1. The van der Waals surface area contributed by atoms with Crippen molar-refractivity contribution in [2.75, 3.05) is 5.32 Å². The predicted molar refractivity (Wildman–Crippen MR) is 97.1 cm³/mol. The fourth-order valence-electron chi connectivity index (χ4n) is 2.56. The zero-order valence-corrected chi connectivity index (χ0v) is 14.7. The van der Waals surface area contributed by atoms with E-state index in [0.717, 1.165) is 10.5 Å². The van der Waals surface area contributed by atoms with E-state index in [4.69, 9.17) is 4.74 Å². The summed E-state index contributed by atoms with van der Waals surface area (Å²) in [6, 6.07) is 13.3. The van der Waals surface area contributed by atoms with Gasteiger partial charge in [-0.25, -0.2) is 0 Å². The molecule has 1 aliphatic heterocycles. The Kier molecular flexibility index (Phi) is 5.22. The molecule has 7 nitrogen and oxygen atoms in total. The van der Waals surface area contributed by atoms with Crippen molar-refractivity contribution in [1.82, 2.24) is 0 Å². The van der Waals surface area contributed by atoms with Gasteiger partial charge in [0.05, 0.1) is 4.92 Å². The van der Waals surface area contributed by atoms with Gasteiger partial charge in [0.25, 0.3) is 11.6 Å². The van der Waals surface area contributed by atoms with Gasteiger partial charge >= 0.3 is 5.97 Å². The van der Waals surface area contributed by atoms with Crippen molar-refractivity contribution in [2.24, 2.45) is 0 Å². The molecule has 2 aromatic rings. The molecule has 2 aromatic carbocycles. The summed E-state index contributed by atoms with van der Waals surface area (Å²) in [5.41, 5.74) is 1.23. The van der Waals surface area contributed by atoms with Gasteiger partial charge < -0.3 is 10.1 Å². The van der Waals surface area contributed by atoms with Crippen LogP contribution in [0.25, 0.3) is 0 Å². The number of nitro groups is 1. The number of ether oxygens (including phenoxy) is 1. The Labute approximate surface area is 153 Å². The maximum atomic E-state index is 12.3. The molecule has 1 N–H and O–H groups in total. The van der Waals surface area contributed by atoms with Crippen molar-refractivity contribution in [1.29, 1.82) is 0 Å². The molecule has 0 saturated carbocycles. The third kappa shape index (κ3) is 4.02. The molecule has 3 rings (SSSR count). The number of anilines is 1. The van der Waals surface area contributed by atoms with Crippen LogP contribution < -0.4 is 5.32 Å². The molecular formula is C18H16N2O5S. The maximum absolute atomic E-state index is 12.3. The lowest BCUT2D eigenvalue weighted by Crippen LogP contribution is -2.33. The first-order chi connectivity index (χ1) is 12.4. The lowest BCUT2D eigenvalue weighted by Gasteiger charge is -2.15. The van der Waals surface area contributed by atoms with Gasteiger partial charge in [-0.1, -0.05) is 24.3 Å². The minimum absolute atomic E-state index is 0.132. The van der Waals surface area contributed by atoms with Crippen LogP contribution in [0.3, 0.4) is 0 Å². The second-order valence-corrected chi connectivity index (χ2v) is 7.04. The maximum Gasteiger partial charge on any atom is 0.320 e. The number of benzene rings is 2. The molecule has 1 aliphatic rings. The molecule has 0 bridgehead atoms. The van der Waals surface area contributed by atoms with Crippen LogP contribution in [-0.2, 0) is 20.7 Å². The molecule has 0 aromatic heterocycles. The summed E-state index contributed by atoms with van der Waals surface area (Å²) >= 11 is 1.43. The zero-order chi connectivity index (χ0) is 18.7. The Bertz CT molecular complexity index is 845. The summed E-state index contributed by atoms with van der Waals surface area (Å²) in [5.74, 6) is -0.993. The minimum atomic E-state index is -1.01. The van der Waals surface area contributed by atoms with Crippen LogP contribution in [0.2, 0.25) is 0 Å². The number of amides is 1. The number of fused-ring (bicyclic) bond motifs is 1. The van der Waals surface area contributed by atoms with E-state index in [9.17, 15) is 19.7 Å². The molecule has 0 spiro atoms. The molecular weight excluding hydrogens is 356 g/mol. The van der Waals surface area contributed by atoms with Crippen molar-refractivity contribution in [3.63, 3.8) is 0 Å². The van der Waals surface area contributed by atoms with Crippen molar-refractivity contribution in [3.05, 3.63) is 64.2 Å². The number of carbonyl (C=O) groups is 2. The molecule has 0 radical (unpaired) electrons. The van der Waals surface area contributed by atoms with Gasteiger partial charge in [0.1, 0.15) is 5.25 Å². The molecule has 0 unspecified atom stereocenters. The average molecular weight is 372 g/mol. The van der Waals surface area contributed by atoms with Gasteiger partial charge in [-0.2, -0.15) is 0 Å². The highest BCUT2D eigenvalue weighted by Gasteiger charge is 2.31. The standard InChI is InChI=1S/C18H16N2O5S/c1-11(17(21)19-13-6-4-7-14(10-13)20(23)24)25-18(22)16-9-12-5-2-3-8-15(12)26-16/h2-8,10-11,16H,9H2,1H3,(H,19,21)/t11-,16-/m0/s1. The number of esters is 1. The fraction of sp³-hybridized carbons (Fsp3) is 0.222. The van der Waals surface area contributed by atoms with Gasteiger partial charge in [0.2, 0.25) is 0 Å². The number of rotatable bonds is 5. The van der Waals surface area contributed by atoms with E-state index in [1.807, 2.05) is 24.3 Å². The van der Waals surface area contributed by atoms with Crippen molar-refractivity contribution < 1.29 is 19.2 Å². The Hall–Kier alpha value is -2.87. The molecule has 0 fully saturated rings. The number of carbonyl (C=O) groups excluding carboxylic acids is 2. The Balaban J connectivity index is 1.57. The normalized spacial score (nSPS) is 16.4. The van der Waals surface area contributed by atoms with E-state index < -0.39 is 22.9 Å².